The molecule has 7 nitrogen and oxygen atoms in total. The number of para-hydroxylation sites is 1. The number of aromatic nitrogens is 5. The molecule has 0 spiro atoms. The highest BCUT2D eigenvalue weighted by Gasteiger charge is 2.14. The highest BCUT2D eigenvalue weighted by atomic mass is 16.2. The van der Waals surface area contributed by atoms with Crippen LogP contribution in [-0.2, 0) is 0 Å². The maximum atomic E-state index is 12.6. The van der Waals surface area contributed by atoms with Crippen LogP contribution in [-0.4, -0.2) is 30.8 Å². The summed E-state index contributed by atoms with van der Waals surface area (Å²) < 4.78 is 0. The Morgan fingerprint density at radius 2 is 1.89 bits per heavy atom. The van der Waals surface area contributed by atoms with E-state index >= 15 is 0 Å². The van der Waals surface area contributed by atoms with E-state index in [0.717, 1.165) is 33.2 Å². The quantitative estimate of drug-likeness (QED) is 0.459. The van der Waals surface area contributed by atoms with Gasteiger partial charge in [-0.25, -0.2) is 9.97 Å². The van der Waals surface area contributed by atoms with Crippen LogP contribution in [0.3, 0.4) is 0 Å². The fourth-order valence-electron chi connectivity index (χ4n) is 3.07. The van der Waals surface area contributed by atoms with Gasteiger partial charge in [-0.2, -0.15) is 0 Å². The van der Waals surface area contributed by atoms with Crippen LogP contribution in [0, 0.1) is 0 Å². The molecule has 0 radical (unpaired) electrons. The molecule has 0 aliphatic rings. The Morgan fingerprint density at radius 1 is 1.00 bits per heavy atom. The molecule has 0 bridgehead atoms. The molecular weight excluding hydrogens is 340 g/mol. The molecule has 130 valence electrons. The van der Waals surface area contributed by atoms with Gasteiger partial charge in [0.2, 0.25) is 5.95 Å². The van der Waals surface area contributed by atoms with E-state index in [1.165, 1.54) is 0 Å². The number of benzene rings is 2. The minimum Gasteiger partial charge on any atom is -0.345 e. The summed E-state index contributed by atoms with van der Waals surface area (Å²) in [6, 6.07) is 15.3. The topological polar surface area (TPSA) is 99.4 Å². The van der Waals surface area contributed by atoms with Crippen LogP contribution in [0.4, 0.5) is 5.95 Å². The van der Waals surface area contributed by atoms with Crippen LogP contribution in [0.25, 0.3) is 33.2 Å². The molecule has 0 saturated heterocycles. The van der Waals surface area contributed by atoms with E-state index in [-0.39, 0.29) is 5.91 Å². The van der Waals surface area contributed by atoms with Crippen LogP contribution in [0.15, 0.2) is 67.1 Å². The molecule has 0 saturated carbocycles. The Hall–Kier alpha value is -4.00. The Morgan fingerprint density at radius 3 is 2.74 bits per heavy atom. The molecule has 0 atom stereocenters. The number of amides is 1. The van der Waals surface area contributed by atoms with Gasteiger partial charge < -0.3 is 9.97 Å². The second-order valence-corrected chi connectivity index (χ2v) is 6.10. The standard InChI is InChI=1S/C20H14N6O/c27-19(16-10-12-4-1-2-5-13(12)11-23-16)26-20-24-15-7-3-6-14(17(15)25-20)18-21-8-9-22-18/h1-11H,(H,21,22)(H2,24,25,26,27). The van der Waals surface area contributed by atoms with E-state index in [1.807, 2.05) is 42.5 Å². The number of carbonyl (C=O) groups is 1. The first-order chi connectivity index (χ1) is 13.3. The zero-order valence-electron chi connectivity index (χ0n) is 14.1. The van der Waals surface area contributed by atoms with Crippen LogP contribution in [0.1, 0.15) is 10.5 Å². The maximum absolute atomic E-state index is 12.6. The molecule has 7 heteroatoms. The molecule has 0 aliphatic carbocycles. The van der Waals surface area contributed by atoms with Gasteiger partial charge in [-0.1, -0.05) is 30.3 Å². The summed E-state index contributed by atoms with van der Waals surface area (Å²) in [5, 5.41) is 4.73. The van der Waals surface area contributed by atoms with Crippen molar-refractivity contribution < 1.29 is 4.79 Å². The lowest BCUT2D eigenvalue weighted by Gasteiger charge is -2.03. The molecule has 3 aromatic heterocycles. The number of aromatic amines is 2. The highest BCUT2D eigenvalue weighted by molar-refractivity contribution is 6.05. The number of nitrogens with zero attached hydrogens (tertiary/aromatic N) is 3. The molecule has 3 N–H and O–H groups in total. The Bertz CT molecular complexity index is 1270. The van der Waals surface area contributed by atoms with Crippen molar-refractivity contribution in [2.75, 3.05) is 5.32 Å². The molecule has 3 heterocycles. The van der Waals surface area contributed by atoms with Crippen molar-refractivity contribution in [2.45, 2.75) is 0 Å². The minimum absolute atomic E-state index is 0.320. The van der Waals surface area contributed by atoms with Crippen molar-refractivity contribution in [1.82, 2.24) is 24.9 Å². The molecule has 0 aliphatic heterocycles. The summed E-state index contributed by atoms with van der Waals surface area (Å²) >= 11 is 0. The van der Waals surface area contributed by atoms with E-state index in [0.29, 0.717) is 11.6 Å². The Labute approximate surface area is 153 Å². The smallest absolute Gasteiger partial charge is 0.276 e. The van der Waals surface area contributed by atoms with Crippen molar-refractivity contribution in [3.63, 3.8) is 0 Å². The van der Waals surface area contributed by atoms with Gasteiger partial charge in [-0.3, -0.25) is 15.1 Å². The van der Waals surface area contributed by atoms with Gasteiger partial charge >= 0.3 is 0 Å². The number of anilines is 1. The summed E-state index contributed by atoms with van der Waals surface area (Å²) in [6.07, 6.45) is 5.14. The van der Waals surface area contributed by atoms with Crippen molar-refractivity contribution in [3.8, 4) is 11.4 Å². The number of imidazole rings is 2. The van der Waals surface area contributed by atoms with Crippen LogP contribution in [0.2, 0.25) is 0 Å². The molecule has 5 rings (SSSR count). The van der Waals surface area contributed by atoms with Crippen molar-refractivity contribution in [3.05, 3.63) is 72.8 Å². The molecule has 2 aromatic carbocycles. The molecule has 0 unspecified atom stereocenters. The van der Waals surface area contributed by atoms with E-state index in [9.17, 15) is 4.79 Å². The van der Waals surface area contributed by atoms with E-state index in [4.69, 9.17) is 0 Å². The second kappa shape index (κ2) is 6.06. The van der Waals surface area contributed by atoms with Gasteiger partial charge in [0.25, 0.3) is 5.91 Å². The normalized spacial score (nSPS) is 11.1. The predicted molar refractivity (Wildman–Crippen MR) is 103 cm³/mol. The summed E-state index contributed by atoms with van der Waals surface area (Å²) in [5.41, 5.74) is 2.73. The summed E-state index contributed by atoms with van der Waals surface area (Å²) in [6.45, 7) is 0. The summed E-state index contributed by atoms with van der Waals surface area (Å²) in [5.74, 6) is 0.768. The number of hydrogen-bond acceptors (Lipinski definition) is 4. The highest BCUT2D eigenvalue weighted by Crippen LogP contribution is 2.25. The number of nitrogens with one attached hydrogen (secondary N) is 3. The number of hydrogen-bond donors (Lipinski definition) is 3. The molecular formula is C20H14N6O. The third-order valence-corrected chi connectivity index (χ3v) is 4.36. The first kappa shape index (κ1) is 15.3. The zero-order chi connectivity index (χ0) is 18.2. The third kappa shape index (κ3) is 2.71. The van der Waals surface area contributed by atoms with Gasteiger partial charge in [0.15, 0.2) is 0 Å². The van der Waals surface area contributed by atoms with E-state index in [1.54, 1.807) is 24.7 Å². The van der Waals surface area contributed by atoms with Crippen molar-refractivity contribution >= 4 is 33.7 Å². The van der Waals surface area contributed by atoms with Crippen molar-refractivity contribution in [1.29, 1.82) is 0 Å². The van der Waals surface area contributed by atoms with Crippen LogP contribution >= 0.6 is 0 Å². The van der Waals surface area contributed by atoms with E-state index < -0.39 is 0 Å². The monoisotopic (exact) mass is 354 g/mol. The fourth-order valence-corrected chi connectivity index (χ4v) is 3.07. The van der Waals surface area contributed by atoms with Crippen LogP contribution in [0.5, 0.6) is 0 Å². The van der Waals surface area contributed by atoms with Gasteiger partial charge in [0.1, 0.15) is 17.0 Å². The zero-order valence-corrected chi connectivity index (χ0v) is 14.1. The summed E-state index contributed by atoms with van der Waals surface area (Å²) in [7, 11) is 0. The van der Waals surface area contributed by atoms with Crippen LogP contribution < -0.4 is 5.32 Å². The number of rotatable bonds is 3. The largest absolute Gasteiger partial charge is 0.345 e. The predicted octanol–water partition coefficient (Wildman–Crippen LogP) is 3.75. The lowest BCUT2D eigenvalue weighted by molar-refractivity contribution is 0.102. The number of carbonyl (C=O) groups excluding carboxylic acids is 1. The average molecular weight is 354 g/mol. The third-order valence-electron chi connectivity index (χ3n) is 4.36. The fraction of sp³-hybridized carbons (Fsp3) is 0. The first-order valence-corrected chi connectivity index (χ1v) is 8.42. The maximum Gasteiger partial charge on any atom is 0.276 e. The lowest BCUT2D eigenvalue weighted by Crippen LogP contribution is -2.14. The number of H-pyrrole nitrogens is 2. The van der Waals surface area contributed by atoms with E-state index in [2.05, 4.69) is 30.2 Å². The van der Waals surface area contributed by atoms with Gasteiger partial charge in [-0.05, 0) is 23.6 Å². The SMILES string of the molecule is O=C(Nc1nc2c(-c3ncc[nH]3)cccc2[nH]1)c1cc2ccccc2cn1. The first-order valence-electron chi connectivity index (χ1n) is 8.42. The average Bonchev–Trinajstić information content (AvgIpc) is 3.36. The molecule has 27 heavy (non-hydrogen) atoms. The lowest BCUT2D eigenvalue weighted by atomic mass is 10.1. The molecule has 5 aromatic rings. The molecule has 1 amide bonds. The minimum atomic E-state index is -0.320. The molecule has 0 fully saturated rings. The van der Waals surface area contributed by atoms with Gasteiger partial charge in [0, 0.05) is 29.5 Å². The Kier molecular flexibility index (Phi) is 3.43. The summed E-state index contributed by atoms with van der Waals surface area (Å²) in [4.78, 5) is 31.8. The second-order valence-electron chi connectivity index (χ2n) is 6.10. The number of pyridine rings is 1. The Balaban J connectivity index is 1.48. The van der Waals surface area contributed by atoms with Gasteiger partial charge in [0.05, 0.1) is 5.52 Å². The van der Waals surface area contributed by atoms with Gasteiger partial charge in [-0.15, -0.1) is 0 Å². The van der Waals surface area contributed by atoms with Crippen molar-refractivity contribution in [2.24, 2.45) is 0 Å². The number of fused-ring (bicyclic) bond motifs is 2.